The number of methoxy groups -OCH3 is 1. The number of hydrogen-bond acceptors (Lipinski definition) is 5. The van der Waals surface area contributed by atoms with Gasteiger partial charge in [0.1, 0.15) is 0 Å². The summed E-state index contributed by atoms with van der Waals surface area (Å²) in [6, 6.07) is -0.245. The first-order valence-electron chi connectivity index (χ1n) is 5.95. The zero-order valence-corrected chi connectivity index (χ0v) is 11.5. The van der Waals surface area contributed by atoms with E-state index >= 15 is 0 Å². The first kappa shape index (κ1) is 13.4. The van der Waals surface area contributed by atoms with Crippen LogP contribution in [-0.4, -0.2) is 36.8 Å². The molecule has 0 aliphatic carbocycles. The van der Waals surface area contributed by atoms with Crippen LogP contribution >= 0.6 is 0 Å². The molecule has 18 heavy (non-hydrogen) atoms. The van der Waals surface area contributed by atoms with Crippen molar-refractivity contribution < 1.29 is 13.2 Å². The van der Waals surface area contributed by atoms with E-state index in [9.17, 15) is 8.42 Å². The van der Waals surface area contributed by atoms with Crippen molar-refractivity contribution in [3.63, 3.8) is 0 Å². The van der Waals surface area contributed by atoms with E-state index in [0.717, 1.165) is 5.69 Å². The molecule has 1 fully saturated rings. The molecule has 1 saturated heterocycles. The van der Waals surface area contributed by atoms with Crippen molar-refractivity contribution in [3.8, 4) is 5.75 Å². The molecule has 102 valence electrons. The van der Waals surface area contributed by atoms with Gasteiger partial charge in [-0.1, -0.05) is 0 Å². The van der Waals surface area contributed by atoms with E-state index in [0.29, 0.717) is 18.6 Å². The molecule has 2 rings (SSSR count). The maximum atomic E-state index is 11.4. The Hall–Kier alpha value is -1.08. The van der Waals surface area contributed by atoms with E-state index in [4.69, 9.17) is 10.5 Å². The molecular weight excluding hydrogens is 254 g/mol. The van der Waals surface area contributed by atoms with Crippen LogP contribution in [0, 0.1) is 5.92 Å². The summed E-state index contributed by atoms with van der Waals surface area (Å²) in [5.41, 5.74) is 6.97. The van der Waals surface area contributed by atoms with Gasteiger partial charge in [0, 0.05) is 7.05 Å². The van der Waals surface area contributed by atoms with Gasteiger partial charge in [-0.2, -0.15) is 5.10 Å². The highest BCUT2D eigenvalue weighted by molar-refractivity contribution is 7.91. The smallest absolute Gasteiger partial charge is 0.161 e. The van der Waals surface area contributed by atoms with Gasteiger partial charge >= 0.3 is 0 Å². The predicted molar refractivity (Wildman–Crippen MR) is 68.1 cm³/mol. The van der Waals surface area contributed by atoms with Crippen molar-refractivity contribution in [2.45, 2.75) is 18.9 Å². The molecule has 1 aliphatic heterocycles. The van der Waals surface area contributed by atoms with Crippen molar-refractivity contribution in [2.24, 2.45) is 18.7 Å². The Morgan fingerprint density at radius 2 is 2.39 bits per heavy atom. The van der Waals surface area contributed by atoms with Crippen LogP contribution in [0.3, 0.4) is 0 Å². The van der Waals surface area contributed by atoms with Gasteiger partial charge in [-0.25, -0.2) is 8.42 Å². The monoisotopic (exact) mass is 273 g/mol. The number of aryl methyl sites for hydroxylation is 1. The lowest BCUT2D eigenvalue weighted by atomic mass is 9.97. The van der Waals surface area contributed by atoms with Gasteiger partial charge in [-0.3, -0.25) is 4.68 Å². The minimum absolute atomic E-state index is 0.143. The summed E-state index contributed by atoms with van der Waals surface area (Å²) in [7, 11) is 0.540. The molecule has 0 saturated carbocycles. The van der Waals surface area contributed by atoms with Crippen LogP contribution in [-0.2, 0) is 16.9 Å². The average Bonchev–Trinajstić information content (AvgIpc) is 2.81. The molecule has 7 heteroatoms. The average molecular weight is 273 g/mol. The molecule has 2 unspecified atom stereocenters. The second-order valence-electron chi connectivity index (χ2n) is 4.83. The molecule has 2 N–H and O–H groups in total. The SMILES string of the molecule is COc1cnn(C)c1C(N)CC1CCS(=O)(=O)C1. The second kappa shape index (κ2) is 4.89. The molecule has 0 bridgehead atoms. The maximum absolute atomic E-state index is 11.4. The molecule has 0 radical (unpaired) electrons. The maximum Gasteiger partial charge on any atom is 0.161 e. The topological polar surface area (TPSA) is 87.2 Å². The Morgan fingerprint density at radius 3 is 2.94 bits per heavy atom. The third-order valence-electron chi connectivity index (χ3n) is 3.43. The van der Waals surface area contributed by atoms with Gasteiger partial charge < -0.3 is 10.5 Å². The summed E-state index contributed by atoms with van der Waals surface area (Å²) < 4.78 is 29.7. The highest BCUT2D eigenvalue weighted by atomic mass is 32.2. The van der Waals surface area contributed by atoms with Gasteiger partial charge in [-0.05, 0) is 18.8 Å². The first-order chi connectivity index (χ1) is 8.43. The Labute approximate surface area is 107 Å². The molecule has 2 heterocycles. The van der Waals surface area contributed by atoms with Crippen molar-refractivity contribution >= 4 is 9.84 Å². The Morgan fingerprint density at radius 1 is 1.67 bits per heavy atom. The highest BCUT2D eigenvalue weighted by Crippen LogP contribution is 2.31. The lowest BCUT2D eigenvalue weighted by Crippen LogP contribution is -2.19. The van der Waals surface area contributed by atoms with Crippen LogP contribution in [0.1, 0.15) is 24.6 Å². The summed E-state index contributed by atoms with van der Waals surface area (Å²) in [5, 5.41) is 4.11. The van der Waals surface area contributed by atoms with E-state index < -0.39 is 9.84 Å². The number of nitrogens with zero attached hydrogens (tertiary/aromatic N) is 2. The number of rotatable bonds is 4. The summed E-state index contributed by atoms with van der Waals surface area (Å²) >= 11 is 0. The van der Waals surface area contributed by atoms with Crippen LogP contribution in [0.5, 0.6) is 5.75 Å². The quantitative estimate of drug-likeness (QED) is 0.850. The Kier molecular flexibility index (Phi) is 3.63. The largest absolute Gasteiger partial charge is 0.493 e. The van der Waals surface area contributed by atoms with Crippen LogP contribution in [0.15, 0.2) is 6.20 Å². The zero-order valence-electron chi connectivity index (χ0n) is 10.7. The summed E-state index contributed by atoms with van der Waals surface area (Å²) in [6.45, 7) is 0. The van der Waals surface area contributed by atoms with Crippen LogP contribution in [0.4, 0.5) is 0 Å². The van der Waals surface area contributed by atoms with Gasteiger partial charge in [-0.15, -0.1) is 0 Å². The van der Waals surface area contributed by atoms with E-state index in [1.54, 1.807) is 18.0 Å². The fourth-order valence-corrected chi connectivity index (χ4v) is 4.42. The fraction of sp³-hybridized carbons (Fsp3) is 0.727. The van der Waals surface area contributed by atoms with Crippen molar-refractivity contribution in [2.75, 3.05) is 18.6 Å². The Balaban J connectivity index is 2.08. The summed E-state index contributed by atoms with van der Waals surface area (Å²) in [5.74, 6) is 1.34. The van der Waals surface area contributed by atoms with Gasteiger partial charge in [0.25, 0.3) is 0 Å². The van der Waals surface area contributed by atoms with E-state index in [1.165, 1.54) is 0 Å². The predicted octanol–water partition coefficient (Wildman–Crippen LogP) is 0.253. The molecule has 0 amide bonds. The van der Waals surface area contributed by atoms with Crippen molar-refractivity contribution in [1.29, 1.82) is 0 Å². The van der Waals surface area contributed by atoms with E-state index in [1.807, 2.05) is 7.05 Å². The van der Waals surface area contributed by atoms with Gasteiger partial charge in [0.05, 0.1) is 36.5 Å². The second-order valence-corrected chi connectivity index (χ2v) is 7.06. The van der Waals surface area contributed by atoms with Crippen LogP contribution < -0.4 is 10.5 Å². The molecule has 6 nitrogen and oxygen atoms in total. The first-order valence-corrected chi connectivity index (χ1v) is 7.77. The third-order valence-corrected chi connectivity index (χ3v) is 5.27. The molecule has 1 aromatic rings. The van der Waals surface area contributed by atoms with Crippen molar-refractivity contribution in [3.05, 3.63) is 11.9 Å². The van der Waals surface area contributed by atoms with Crippen molar-refractivity contribution in [1.82, 2.24) is 9.78 Å². The van der Waals surface area contributed by atoms with Crippen LogP contribution in [0.2, 0.25) is 0 Å². The number of aromatic nitrogens is 2. The standard InChI is InChI=1S/C11H19N3O3S/c1-14-11(10(17-2)6-13-14)9(12)5-8-3-4-18(15,16)7-8/h6,8-9H,3-5,7,12H2,1-2H3. The number of hydrogen-bond donors (Lipinski definition) is 1. The van der Waals surface area contributed by atoms with Gasteiger partial charge in [0.15, 0.2) is 15.6 Å². The van der Waals surface area contributed by atoms with E-state index in [-0.39, 0.29) is 23.5 Å². The summed E-state index contributed by atoms with van der Waals surface area (Å²) in [6.07, 6.45) is 2.98. The normalized spacial score (nSPS) is 24.1. The molecule has 2 atom stereocenters. The highest BCUT2D eigenvalue weighted by Gasteiger charge is 2.30. The third kappa shape index (κ3) is 2.67. The molecule has 1 aromatic heterocycles. The molecular formula is C11H19N3O3S. The lowest BCUT2D eigenvalue weighted by Gasteiger charge is -2.17. The Bertz CT molecular complexity index is 524. The number of sulfone groups is 1. The number of nitrogens with two attached hydrogens (primary N) is 1. The van der Waals surface area contributed by atoms with E-state index in [2.05, 4.69) is 5.10 Å². The zero-order chi connectivity index (χ0) is 13.3. The molecule has 1 aliphatic rings. The minimum atomic E-state index is -2.84. The summed E-state index contributed by atoms with van der Waals surface area (Å²) in [4.78, 5) is 0. The molecule has 0 aromatic carbocycles. The number of ether oxygens (including phenoxy) is 1. The lowest BCUT2D eigenvalue weighted by molar-refractivity contribution is 0.392. The van der Waals surface area contributed by atoms with Crippen LogP contribution in [0.25, 0.3) is 0 Å². The minimum Gasteiger partial charge on any atom is -0.493 e. The fourth-order valence-electron chi connectivity index (χ4n) is 2.54. The molecule has 0 spiro atoms. The van der Waals surface area contributed by atoms with Gasteiger partial charge in [0.2, 0.25) is 0 Å².